The number of hydrogen-bond donors (Lipinski definition) is 0. The largest absolute Gasteiger partial charge is 0.548 e. The molecule has 0 saturated heterocycles. The van der Waals surface area contributed by atoms with Gasteiger partial charge in [0.15, 0.2) is 0 Å². The van der Waals surface area contributed by atoms with Crippen molar-refractivity contribution in [3.05, 3.63) is 48.8 Å². The van der Waals surface area contributed by atoms with Crippen LogP contribution >= 0.6 is 0 Å². The Bertz CT molecular complexity index is 760. The summed E-state index contributed by atoms with van der Waals surface area (Å²) < 4.78 is 31.3. The lowest BCUT2D eigenvalue weighted by Crippen LogP contribution is -2.41. The van der Waals surface area contributed by atoms with Crippen molar-refractivity contribution in [2.24, 2.45) is 0 Å². The minimum Gasteiger partial charge on any atom is -0.548 e. The number of rotatable bonds is 7. The van der Waals surface area contributed by atoms with Crippen molar-refractivity contribution in [2.45, 2.75) is 11.8 Å². The van der Waals surface area contributed by atoms with E-state index in [1.807, 2.05) is 6.92 Å². The number of ether oxygens (including phenoxy) is 1. The Morgan fingerprint density at radius 1 is 1.26 bits per heavy atom. The fourth-order valence-electron chi connectivity index (χ4n) is 1.93. The van der Waals surface area contributed by atoms with Crippen LogP contribution in [-0.4, -0.2) is 32.5 Å². The lowest BCUT2D eigenvalue weighted by atomic mass is 10.3. The standard InChI is InChI=1S/C15H16N2O5S/c1-2-22-13-7-5-12(6-8-13)17(11-15(18)19)23(20,21)14-4-3-9-16-10-14/h3-10H,2,11H2,1H3,(H,18,19)/p-1. The van der Waals surface area contributed by atoms with E-state index in [1.165, 1.54) is 30.5 Å². The first-order valence-electron chi connectivity index (χ1n) is 6.80. The zero-order chi connectivity index (χ0) is 16.9. The summed E-state index contributed by atoms with van der Waals surface area (Å²) in [5.41, 5.74) is 0.196. The predicted octanol–water partition coefficient (Wildman–Crippen LogP) is 0.425. The van der Waals surface area contributed by atoms with Gasteiger partial charge in [-0.2, -0.15) is 0 Å². The molecular weight excluding hydrogens is 320 g/mol. The van der Waals surface area contributed by atoms with E-state index in [1.54, 1.807) is 12.1 Å². The van der Waals surface area contributed by atoms with E-state index in [0.717, 1.165) is 10.5 Å². The number of aromatic nitrogens is 1. The average molecular weight is 335 g/mol. The number of aliphatic carboxylic acids is 1. The van der Waals surface area contributed by atoms with E-state index < -0.39 is 22.5 Å². The third kappa shape index (κ3) is 3.98. The smallest absolute Gasteiger partial charge is 0.266 e. The highest BCUT2D eigenvalue weighted by molar-refractivity contribution is 7.92. The van der Waals surface area contributed by atoms with Crippen LogP contribution in [0.3, 0.4) is 0 Å². The quantitative estimate of drug-likeness (QED) is 0.727. The van der Waals surface area contributed by atoms with E-state index in [4.69, 9.17) is 4.74 Å². The molecule has 23 heavy (non-hydrogen) atoms. The first-order valence-corrected chi connectivity index (χ1v) is 8.24. The zero-order valence-corrected chi connectivity index (χ0v) is 13.2. The molecule has 0 spiro atoms. The summed E-state index contributed by atoms with van der Waals surface area (Å²) in [4.78, 5) is 14.6. The minimum atomic E-state index is -4.07. The molecule has 122 valence electrons. The van der Waals surface area contributed by atoms with E-state index in [0.29, 0.717) is 12.4 Å². The van der Waals surface area contributed by atoms with Gasteiger partial charge in [-0.1, -0.05) is 0 Å². The number of nitrogens with zero attached hydrogens (tertiary/aromatic N) is 2. The van der Waals surface area contributed by atoms with Crippen molar-refractivity contribution in [1.29, 1.82) is 0 Å². The summed E-state index contributed by atoms with van der Waals surface area (Å²) >= 11 is 0. The van der Waals surface area contributed by atoms with Crippen LogP contribution in [0.1, 0.15) is 6.92 Å². The van der Waals surface area contributed by atoms with Crippen LogP contribution in [0.25, 0.3) is 0 Å². The maximum Gasteiger partial charge on any atom is 0.266 e. The first kappa shape index (κ1) is 16.8. The molecule has 1 aromatic carbocycles. The monoisotopic (exact) mass is 335 g/mol. The molecule has 0 unspecified atom stereocenters. The molecular formula is C15H15N2O5S-. The molecule has 0 atom stereocenters. The third-order valence-corrected chi connectivity index (χ3v) is 4.69. The van der Waals surface area contributed by atoms with Crippen molar-refractivity contribution in [3.63, 3.8) is 0 Å². The molecule has 0 N–H and O–H groups in total. The maximum absolute atomic E-state index is 12.6. The molecule has 7 nitrogen and oxygen atoms in total. The third-order valence-electron chi connectivity index (χ3n) is 2.93. The summed E-state index contributed by atoms with van der Waals surface area (Å²) in [5.74, 6) is -0.949. The van der Waals surface area contributed by atoms with Crippen LogP contribution < -0.4 is 14.1 Å². The Morgan fingerprint density at radius 2 is 1.96 bits per heavy atom. The molecule has 0 amide bonds. The second kappa shape index (κ2) is 7.10. The van der Waals surface area contributed by atoms with Crippen molar-refractivity contribution < 1.29 is 23.1 Å². The van der Waals surface area contributed by atoms with Crippen LogP contribution in [0.15, 0.2) is 53.7 Å². The zero-order valence-electron chi connectivity index (χ0n) is 12.4. The highest BCUT2D eigenvalue weighted by Crippen LogP contribution is 2.25. The Labute approximate surface area is 134 Å². The summed E-state index contributed by atoms with van der Waals surface area (Å²) in [7, 11) is -4.07. The van der Waals surface area contributed by atoms with Gasteiger partial charge in [0.25, 0.3) is 10.0 Å². The second-order valence-corrected chi connectivity index (χ2v) is 6.36. The fourth-order valence-corrected chi connectivity index (χ4v) is 3.31. The molecule has 1 aromatic heterocycles. The van der Waals surface area contributed by atoms with E-state index in [-0.39, 0.29) is 10.6 Å². The van der Waals surface area contributed by atoms with E-state index in [9.17, 15) is 18.3 Å². The number of carboxylic acid groups (broad SMARTS) is 1. The van der Waals surface area contributed by atoms with E-state index in [2.05, 4.69) is 4.98 Å². The van der Waals surface area contributed by atoms with Gasteiger partial charge in [-0.25, -0.2) is 8.42 Å². The molecule has 0 bridgehead atoms. The number of sulfonamides is 1. The molecule has 8 heteroatoms. The van der Waals surface area contributed by atoms with Crippen LogP contribution in [0, 0.1) is 0 Å². The average Bonchev–Trinajstić information content (AvgIpc) is 2.54. The van der Waals surface area contributed by atoms with Gasteiger partial charge in [-0.3, -0.25) is 9.29 Å². The number of benzene rings is 1. The number of carbonyl (C=O) groups is 1. The highest BCUT2D eigenvalue weighted by Gasteiger charge is 2.25. The molecule has 2 rings (SSSR count). The lowest BCUT2D eigenvalue weighted by Gasteiger charge is -2.24. The van der Waals surface area contributed by atoms with E-state index >= 15 is 0 Å². The van der Waals surface area contributed by atoms with Crippen LogP contribution in [0.4, 0.5) is 5.69 Å². The number of carboxylic acids is 1. The Balaban J connectivity index is 2.43. The van der Waals surface area contributed by atoms with Gasteiger partial charge < -0.3 is 14.6 Å². The summed E-state index contributed by atoms with van der Waals surface area (Å²) in [6, 6.07) is 8.89. The Morgan fingerprint density at radius 3 is 2.48 bits per heavy atom. The number of hydrogen-bond acceptors (Lipinski definition) is 6. The molecule has 1 heterocycles. The minimum absolute atomic E-state index is 0.102. The molecule has 0 aliphatic rings. The molecule has 2 aromatic rings. The number of pyridine rings is 1. The maximum atomic E-state index is 12.6. The highest BCUT2D eigenvalue weighted by atomic mass is 32.2. The van der Waals surface area contributed by atoms with Gasteiger partial charge in [-0.05, 0) is 43.3 Å². The SMILES string of the molecule is CCOc1ccc(N(CC(=O)[O-])S(=O)(=O)c2cccnc2)cc1. The van der Waals surface area contributed by atoms with Crippen LogP contribution in [0.2, 0.25) is 0 Å². The van der Waals surface area contributed by atoms with Gasteiger partial charge in [0.1, 0.15) is 10.6 Å². The van der Waals surface area contributed by atoms with Gasteiger partial charge in [0.05, 0.1) is 24.8 Å². The van der Waals surface area contributed by atoms with Crippen LogP contribution in [0.5, 0.6) is 5.75 Å². The normalized spacial score (nSPS) is 11.0. The second-order valence-electron chi connectivity index (χ2n) is 4.50. The topological polar surface area (TPSA) is 99.6 Å². The summed E-state index contributed by atoms with van der Waals surface area (Å²) in [5, 5.41) is 11.0. The van der Waals surface area contributed by atoms with Crippen LogP contribution in [-0.2, 0) is 14.8 Å². The molecule has 0 aliphatic carbocycles. The van der Waals surface area contributed by atoms with Crippen molar-refractivity contribution in [1.82, 2.24) is 4.98 Å². The Hall–Kier alpha value is -2.61. The van der Waals surface area contributed by atoms with Gasteiger partial charge in [-0.15, -0.1) is 0 Å². The molecule has 0 radical (unpaired) electrons. The fraction of sp³-hybridized carbons (Fsp3) is 0.200. The van der Waals surface area contributed by atoms with Crippen molar-refractivity contribution >= 4 is 21.7 Å². The van der Waals surface area contributed by atoms with Gasteiger partial charge in [0, 0.05) is 12.4 Å². The lowest BCUT2D eigenvalue weighted by molar-refractivity contribution is -0.303. The van der Waals surface area contributed by atoms with Gasteiger partial charge in [0.2, 0.25) is 0 Å². The Kier molecular flexibility index (Phi) is 5.17. The summed E-state index contributed by atoms with van der Waals surface area (Å²) in [6.07, 6.45) is 2.59. The predicted molar refractivity (Wildman–Crippen MR) is 81.4 cm³/mol. The molecule has 0 fully saturated rings. The van der Waals surface area contributed by atoms with Crippen molar-refractivity contribution in [2.75, 3.05) is 17.5 Å². The molecule has 0 saturated carbocycles. The van der Waals surface area contributed by atoms with Gasteiger partial charge >= 0.3 is 0 Å². The number of anilines is 1. The first-order chi connectivity index (χ1) is 10.9. The van der Waals surface area contributed by atoms with Crippen molar-refractivity contribution in [3.8, 4) is 5.75 Å². The summed E-state index contributed by atoms with van der Waals surface area (Å²) in [6.45, 7) is 1.49. The number of carbonyl (C=O) groups excluding carboxylic acids is 1. The molecule has 0 aliphatic heterocycles.